The van der Waals surface area contributed by atoms with Crippen LogP contribution in [-0.4, -0.2) is 75.0 Å². The van der Waals surface area contributed by atoms with Crippen LogP contribution < -0.4 is 5.32 Å². The molecule has 0 spiro atoms. The number of rotatable bonds is 9. The lowest BCUT2D eigenvalue weighted by Crippen LogP contribution is -2.59. The molecule has 1 rings (SSSR count). The van der Waals surface area contributed by atoms with Crippen LogP contribution in [0.2, 0.25) is 0 Å². The van der Waals surface area contributed by atoms with Crippen LogP contribution >= 0.6 is 0 Å². The van der Waals surface area contributed by atoms with Gasteiger partial charge in [0.25, 0.3) is 0 Å². The fraction of sp³-hybridized carbons (Fsp3) is 0.647. The molecule has 0 aromatic heterocycles. The lowest BCUT2D eigenvalue weighted by molar-refractivity contribution is -0.187. The number of methoxy groups -OCH3 is 1. The van der Waals surface area contributed by atoms with Crippen molar-refractivity contribution in [2.24, 2.45) is 5.11 Å². The Balaban J connectivity index is 3.45. The first-order valence-corrected chi connectivity index (χ1v) is 8.80. The molecular formula is C17H24N4O9. The zero-order valence-electron chi connectivity index (χ0n) is 17.2. The molecule has 1 aliphatic rings. The zero-order valence-corrected chi connectivity index (χ0v) is 17.2. The second-order valence-corrected chi connectivity index (χ2v) is 6.14. The van der Waals surface area contributed by atoms with E-state index in [4.69, 9.17) is 24.5 Å². The lowest BCUT2D eigenvalue weighted by atomic mass is 9.92. The second kappa shape index (κ2) is 11.6. The number of hydrogen-bond donors (Lipinski definition) is 1. The van der Waals surface area contributed by atoms with Gasteiger partial charge in [0.2, 0.25) is 5.76 Å². The normalized spacial score (nSPS) is 22.2. The minimum atomic E-state index is -1.34. The highest BCUT2D eigenvalue weighted by Gasteiger charge is 2.46. The lowest BCUT2D eigenvalue weighted by Gasteiger charge is -2.40. The highest BCUT2D eigenvalue weighted by Crippen LogP contribution is 2.28. The Morgan fingerprint density at radius 2 is 1.83 bits per heavy atom. The van der Waals surface area contributed by atoms with Crippen molar-refractivity contribution in [3.8, 4) is 0 Å². The smallest absolute Gasteiger partial charge is 0.372 e. The van der Waals surface area contributed by atoms with E-state index in [0.717, 1.165) is 27.9 Å². The van der Waals surface area contributed by atoms with E-state index in [1.165, 1.54) is 13.1 Å². The SMILES string of the molecule is CN[C@H]1[C@H]([C@@H](OC(C)=O)[C@H](COC(C)=O)OC(C)=O)OC(C(=O)OC)=C[C@@H]1N=[N+]=[N-]. The van der Waals surface area contributed by atoms with Crippen LogP contribution in [0.4, 0.5) is 0 Å². The highest BCUT2D eigenvalue weighted by atomic mass is 16.6. The molecule has 0 bridgehead atoms. The number of hydrogen-bond acceptors (Lipinski definition) is 11. The highest BCUT2D eigenvalue weighted by molar-refractivity contribution is 5.86. The van der Waals surface area contributed by atoms with E-state index in [1.807, 2.05) is 0 Å². The van der Waals surface area contributed by atoms with Crippen molar-refractivity contribution < 1.29 is 42.9 Å². The summed E-state index contributed by atoms with van der Waals surface area (Å²) >= 11 is 0. The van der Waals surface area contributed by atoms with Crippen LogP contribution in [-0.2, 0) is 42.9 Å². The van der Waals surface area contributed by atoms with Gasteiger partial charge in [0, 0.05) is 25.7 Å². The van der Waals surface area contributed by atoms with E-state index in [9.17, 15) is 19.2 Å². The number of nitrogens with zero attached hydrogens (tertiary/aromatic N) is 3. The van der Waals surface area contributed by atoms with Crippen molar-refractivity contribution in [3.05, 3.63) is 22.3 Å². The van der Waals surface area contributed by atoms with Gasteiger partial charge in [0.1, 0.15) is 6.61 Å². The summed E-state index contributed by atoms with van der Waals surface area (Å²) in [4.78, 5) is 49.4. The zero-order chi connectivity index (χ0) is 22.8. The summed E-state index contributed by atoms with van der Waals surface area (Å²) in [7, 11) is 2.65. The first-order valence-electron chi connectivity index (χ1n) is 8.80. The first-order chi connectivity index (χ1) is 14.1. The summed E-state index contributed by atoms with van der Waals surface area (Å²) < 4.78 is 25.8. The fourth-order valence-electron chi connectivity index (χ4n) is 2.85. The van der Waals surface area contributed by atoms with Gasteiger partial charge in [-0.25, -0.2) is 4.79 Å². The Morgan fingerprint density at radius 1 is 1.20 bits per heavy atom. The number of azide groups is 1. The number of carbonyl (C=O) groups is 4. The molecule has 0 aliphatic carbocycles. The van der Waals surface area contributed by atoms with Crippen LogP contribution in [0, 0.1) is 0 Å². The maximum absolute atomic E-state index is 12.0. The van der Waals surface area contributed by atoms with Crippen LogP contribution in [0.3, 0.4) is 0 Å². The molecule has 0 fully saturated rings. The average molecular weight is 428 g/mol. The van der Waals surface area contributed by atoms with E-state index < -0.39 is 60.9 Å². The molecule has 0 aromatic carbocycles. The van der Waals surface area contributed by atoms with Gasteiger partial charge in [-0.2, -0.15) is 0 Å². The fourth-order valence-corrected chi connectivity index (χ4v) is 2.85. The van der Waals surface area contributed by atoms with Gasteiger partial charge < -0.3 is 29.0 Å². The molecule has 30 heavy (non-hydrogen) atoms. The van der Waals surface area contributed by atoms with E-state index >= 15 is 0 Å². The van der Waals surface area contributed by atoms with Crippen molar-refractivity contribution in [1.82, 2.24) is 5.32 Å². The predicted octanol–water partition coefficient (Wildman–Crippen LogP) is 0.136. The van der Waals surface area contributed by atoms with Crippen LogP contribution in [0.25, 0.3) is 10.4 Å². The van der Waals surface area contributed by atoms with E-state index in [0.29, 0.717) is 0 Å². The Bertz CT molecular complexity index is 748. The van der Waals surface area contributed by atoms with E-state index in [-0.39, 0.29) is 5.76 Å². The minimum Gasteiger partial charge on any atom is -0.478 e. The topological polar surface area (TPSA) is 175 Å². The average Bonchev–Trinajstić information content (AvgIpc) is 2.67. The van der Waals surface area contributed by atoms with Gasteiger partial charge in [-0.15, -0.1) is 0 Å². The Morgan fingerprint density at radius 3 is 2.30 bits per heavy atom. The second-order valence-electron chi connectivity index (χ2n) is 6.14. The maximum Gasteiger partial charge on any atom is 0.372 e. The predicted molar refractivity (Wildman–Crippen MR) is 98.5 cm³/mol. The molecule has 166 valence electrons. The van der Waals surface area contributed by atoms with E-state index in [2.05, 4.69) is 20.1 Å². The van der Waals surface area contributed by atoms with Crippen LogP contribution in [0.15, 0.2) is 16.9 Å². The van der Waals surface area contributed by atoms with Crippen LogP contribution in [0.1, 0.15) is 20.8 Å². The monoisotopic (exact) mass is 428 g/mol. The largest absolute Gasteiger partial charge is 0.478 e. The number of carbonyl (C=O) groups excluding carboxylic acids is 4. The molecule has 0 amide bonds. The molecule has 13 heteroatoms. The molecule has 0 aromatic rings. The van der Waals surface area contributed by atoms with Crippen molar-refractivity contribution >= 4 is 23.9 Å². The van der Waals surface area contributed by atoms with Crippen molar-refractivity contribution in [1.29, 1.82) is 0 Å². The molecule has 5 atom stereocenters. The summed E-state index contributed by atoms with van der Waals surface area (Å²) in [5.41, 5.74) is 8.89. The Kier molecular flexibility index (Phi) is 9.59. The number of ether oxygens (including phenoxy) is 5. The third kappa shape index (κ3) is 6.94. The first kappa shape index (κ1) is 24.7. The number of likely N-dealkylation sites (N-methyl/N-ethyl adjacent to an activating group) is 1. The van der Waals surface area contributed by atoms with Gasteiger partial charge >= 0.3 is 23.9 Å². The molecule has 1 aliphatic heterocycles. The molecule has 1 N–H and O–H groups in total. The van der Waals surface area contributed by atoms with Crippen LogP contribution in [0.5, 0.6) is 0 Å². The number of nitrogens with one attached hydrogen (secondary N) is 1. The molecular weight excluding hydrogens is 404 g/mol. The number of esters is 4. The molecule has 0 saturated carbocycles. The van der Waals surface area contributed by atoms with Crippen molar-refractivity contribution in [2.45, 2.75) is 51.2 Å². The third-order valence-corrected chi connectivity index (χ3v) is 3.97. The van der Waals surface area contributed by atoms with Crippen molar-refractivity contribution in [3.63, 3.8) is 0 Å². The summed E-state index contributed by atoms with van der Waals surface area (Å²) in [5, 5.41) is 6.50. The quantitative estimate of drug-likeness (QED) is 0.175. The molecule has 0 radical (unpaired) electrons. The minimum absolute atomic E-state index is 0.294. The van der Waals surface area contributed by atoms with Gasteiger partial charge in [-0.3, -0.25) is 14.4 Å². The third-order valence-electron chi connectivity index (χ3n) is 3.97. The molecule has 13 nitrogen and oxygen atoms in total. The molecule has 1 heterocycles. The summed E-state index contributed by atoms with van der Waals surface area (Å²) in [5.74, 6) is -3.31. The Labute approximate surface area is 172 Å². The summed E-state index contributed by atoms with van der Waals surface area (Å²) in [6.07, 6.45) is -2.55. The van der Waals surface area contributed by atoms with Gasteiger partial charge in [0.05, 0.1) is 19.2 Å². The Hall–Kier alpha value is -3.31. The maximum atomic E-state index is 12.0. The van der Waals surface area contributed by atoms with Gasteiger partial charge in [-0.05, 0) is 18.7 Å². The van der Waals surface area contributed by atoms with Gasteiger partial charge in [-0.1, -0.05) is 5.11 Å². The van der Waals surface area contributed by atoms with Gasteiger partial charge in [0.15, 0.2) is 18.3 Å². The summed E-state index contributed by atoms with van der Waals surface area (Å²) in [6, 6.07) is -1.76. The standard InChI is InChI=1S/C17H24N4O9/c1-8(22)27-7-13(28-9(2)23)15(29-10(3)24)16-14(19-4)11(20-21-18)6-12(30-16)17(25)26-5/h6,11,13-16,19H,7H2,1-5H3/t11-,13-,14+,15-,16+/m0/s1. The molecule has 0 unspecified atom stereocenters. The summed E-state index contributed by atoms with van der Waals surface area (Å²) in [6.45, 7) is 2.93. The van der Waals surface area contributed by atoms with Crippen molar-refractivity contribution in [2.75, 3.05) is 20.8 Å². The van der Waals surface area contributed by atoms with E-state index in [1.54, 1.807) is 0 Å². The molecule has 0 saturated heterocycles.